The molecule has 0 fully saturated rings. The highest BCUT2D eigenvalue weighted by molar-refractivity contribution is 7.73. The summed E-state index contributed by atoms with van der Waals surface area (Å²) in [7, 11) is -1.03. The van der Waals surface area contributed by atoms with Gasteiger partial charge in [0, 0.05) is 5.56 Å². The number of alkyl halides is 3. The second kappa shape index (κ2) is 8.19. The molecule has 0 atom stereocenters. The predicted octanol–water partition coefficient (Wildman–Crippen LogP) is 4.70. The molecule has 0 aliphatic carbocycles. The van der Waals surface area contributed by atoms with E-state index in [0.29, 0.717) is 5.56 Å². The number of hydrogen-bond acceptors (Lipinski definition) is 2. The summed E-state index contributed by atoms with van der Waals surface area (Å²) in [6.07, 6.45) is -4.76. The molecular formula is C21H15F3O2P+. The van der Waals surface area contributed by atoms with Gasteiger partial charge >= 0.3 is 6.36 Å². The summed E-state index contributed by atoms with van der Waals surface area (Å²) >= 11 is 0. The summed E-state index contributed by atoms with van der Waals surface area (Å²) in [5, 5.41) is 2.04. The lowest BCUT2D eigenvalue weighted by atomic mass is 10.1. The Kier molecular flexibility index (Phi) is 5.72. The third kappa shape index (κ3) is 5.28. The quantitative estimate of drug-likeness (QED) is 0.469. The van der Waals surface area contributed by atoms with Gasteiger partial charge in [0.1, 0.15) is 5.75 Å². The summed E-state index contributed by atoms with van der Waals surface area (Å²) in [5.74, 6) is 1.04. The smallest absolute Gasteiger partial charge is 0.406 e. The highest BCUT2D eigenvalue weighted by Gasteiger charge is 2.31. The van der Waals surface area contributed by atoms with Gasteiger partial charge in [0.25, 0.3) is 0 Å². The van der Waals surface area contributed by atoms with E-state index in [9.17, 15) is 18.0 Å². The number of Topliss-reactive ketones (excluding diaryl/α,β-unsaturated/α-hetero) is 1. The number of benzene rings is 3. The highest BCUT2D eigenvalue weighted by Crippen LogP contribution is 2.24. The first-order valence-electron chi connectivity index (χ1n) is 8.07. The van der Waals surface area contributed by atoms with E-state index in [4.69, 9.17) is 0 Å². The molecular weight excluding hydrogens is 372 g/mol. The van der Waals surface area contributed by atoms with Crippen molar-refractivity contribution in [3.8, 4) is 5.75 Å². The van der Waals surface area contributed by atoms with Gasteiger partial charge in [-0.05, 0) is 48.5 Å². The van der Waals surface area contributed by atoms with E-state index >= 15 is 0 Å². The molecule has 136 valence electrons. The number of ether oxygens (including phenoxy) is 1. The van der Waals surface area contributed by atoms with Crippen molar-refractivity contribution in [3.05, 3.63) is 90.5 Å². The zero-order valence-electron chi connectivity index (χ0n) is 14.1. The van der Waals surface area contributed by atoms with Crippen LogP contribution in [0, 0.1) is 0 Å². The average Bonchev–Trinajstić information content (AvgIpc) is 2.66. The summed E-state index contributed by atoms with van der Waals surface area (Å²) < 4.78 is 40.6. The molecule has 0 unspecified atom stereocenters. The second-order valence-corrected chi connectivity index (χ2v) is 7.64. The van der Waals surface area contributed by atoms with Crippen LogP contribution in [0.3, 0.4) is 0 Å². The molecule has 0 amide bonds. The molecule has 0 bridgehead atoms. The van der Waals surface area contributed by atoms with Gasteiger partial charge in [-0.1, -0.05) is 36.4 Å². The molecule has 3 aromatic rings. The van der Waals surface area contributed by atoms with Crippen molar-refractivity contribution in [2.75, 3.05) is 0 Å². The lowest BCUT2D eigenvalue weighted by Crippen LogP contribution is -2.17. The average molecular weight is 387 g/mol. The van der Waals surface area contributed by atoms with Crippen molar-refractivity contribution < 1.29 is 22.7 Å². The van der Waals surface area contributed by atoms with Crippen molar-refractivity contribution in [3.63, 3.8) is 0 Å². The Labute approximate surface area is 155 Å². The van der Waals surface area contributed by atoms with Gasteiger partial charge in [0.15, 0.2) is 24.0 Å². The largest absolute Gasteiger partial charge is 0.573 e. The van der Waals surface area contributed by atoms with Crippen molar-refractivity contribution in [1.29, 1.82) is 0 Å². The molecule has 6 heteroatoms. The van der Waals surface area contributed by atoms with Crippen molar-refractivity contribution in [2.45, 2.75) is 6.36 Å². The van der Waals surface area contributed by atoms with E-state index in [0.717, 1.165) is 22.7 Å². The molecule has 0 aromatic heterocycles. The van der Waals surface area contributed by atoms with Crippen molar-refractivity contribution in [1.82, 2.24) is 0 Å². The van der Waals surface area contributed by atoms with Crippen molar-refractivity contribution in [2.24, 2.45) is 0 Å². The van der Waals surface area contributed by atoms with Crippen LogP contribution in [0.1, 0.15) is 10.4 Å². The molecule has 2 nitrogen and oxygen atoms in total. The molecule has 0 saturated heterocycles. The first-order valence-corrected chi connectivity index (χ1v) is 9.48. The van der Waals surface area contributed by atoms with Gasteiger partial charge in [0.05, 0.1) is 0 Å². The van der Waals surface area contributed by atoms with Crippen molar-refractivity contribution >= 4 is 29.7 Å². The molecule has 0 N–H and O–H groups in total. The first-order chi connectivity index (χ1) is 12.9. The molecule has 3 aromatic carbocycles. The fraction of sp³-hybridized carbons (Fsp3) is 0.0476. The minimum absolute atomic E-state index is 0.243. The minimum atomic E-state index is -4.76. The van der Waals surface area contributed by atoms with E-state index in [-0.39, 0.29) is 11.5 Å². The Balaban J connectivity index is 1.92. The standard InChI is InChI=1S/C21H15F3O2P/c22-21(23,24)26-17-13-11-16(12-14-17)20(25)15-27(18-7-3-1-4-8-18)19-9-5-2-6-10-19/h1-15H/q+1. The Bertz CT molecular complexity index is 893. The normalized spacial score (nSPS) is 10.9. The summed E-state index contributed by atoms with van der Waals surface area (Å²) in [6, 6.07) is 24.3. The number of carbonyl (C=O) groups is 1. The molecule has 3 rings (SSSR count). The monoisotopic (exact) mass is 387 g/mol. The zero-order chi connectivity index (χ0) is 19.3. The van der Waals surface area contributed by atoms with Gasteiger partial charge < -0.3 is 4.74 Å². The van der Waals surface area contributed by atoms with Gasteiger partial charge in [-0.15, -0.1) is 13.2 Å². The van der Waals surface area contributed by atoms with Crippen LogP contribution in [0.4, 0.5) is 13.2 Å². The summed E-state index contributed by atoms with van der Waals surface area (Å²) in [6.45, 7) is 0. The Hall–Kier alpha value is -2.91. The maximum absolute atomic E-state index is 12.7. The van der Waals surface area contributed by atoms with Crippen LogP contribution >= 0.6 is 7.55 Å². The molecule has 0 radical (unpaired) electrons. The number of hydrogen-bond donors (Lipinski definition) is 0. The summed E-state index contributed by atoms with van der Waals surface area (Å²) in [4.78, 5) is 12.7. The van der Waals surface area contributed by atoms with Gasteiger partial charge in [-0.3, -0.25) is 4.79 Å². The van der Waals surface area contributed by atoms with Gasteiger partial charge in [-0.25, -0.2) is 0 Å². The Morgan fingerprint density at radius 3 is 1.70 bits per heavy atom. The minimum Gasteiger partial charge on any atom is -0.406 e. The van der Waals surface area contributed by atoms with E-state index in [1.165, 1.54) is 12.1 Å². The number of ketones is 1. The molecule has 27 heavy (non-hydrogen) atoms. The van der Waals surface area contributed by atoms with Crippen LogP contribution in [0.5, 0.6) is 5.75 Å². The maximum Gasteiger partial charge on any atom is 0.573 e. The summed E-state index contributed by atoms with van der Waals surface area (Å²) in [5.41, 5.74) is 0.309. The highest BCUT2D eigenvalue weighted by atomic mass is 31.1. The molecule has 0 spiro atoms. The third-order valence-corrected chi connectivity index (χ3v) is 5.89. The molecule has 0 aliphatic rings. The lowest BCUT2D eigenvalue weighted by molar-refractivity contribution is -0.274. The van der Waals surface area contributed by atoms with Gasteiger partial charge in [0.2, 0.25) is 5.78 Å². The van der Waals surface area contributed by atoms with E-state index < -0.39 is 13.9 Å². The third-order valence-electron chi connectivity index (χ3n) is 3.69. The van der Waals surface area contributed by atoms with Gasteiger partial charge in [-0.2, -0.15) is 0 Å². The van der Waals surface area contributed by atoms with Crippen LogP contribution in [-0.2, 0) is 0 Å². The number of rotatable bonds is 5. The fourth-order valence-electron chi connectivity index (χ4n) is 2.49. The van der Waals surface area contributed by atoms with Crippen LogP contribution in [0.15, 0.2) is 84.9 Å². The topological polar surface area (TPSA) is 26.3 Å². The van der Waals surface area contributed by atoms with Crippen LogP contribution in [0.25, 0.3) is 0 Å². The van der Waals surface area contributed by atoms with Crippen LogP contribution < -0.4 is 15.3 Å². The van der Waals surface area contributed by atoms with E-state index in [1.807, 2.05) is 60.7 Å². The predicted molar refractivity (Wildman–Crippen MR) is 103 cm³/mol. The Morgan fingerprint density at radius 2 is 1.26 bits per heavy atom. The van der Waals surface area contributed by atoms with Crippen LogP contribution in [-0.4, -0.2) is 17.9 Å². The Morgan fingerprint density at radius 1 is 0.778 bits per heavy atom. The number of carbonyl (C=O) groups excluding carboxylic acids is 1. The van der Waals surface area contributed by atoms with E-state index in [2.05, 4.69) is 4.74 Å². The first kappa shape index (κ1) is 18.9. The zero-order valence-corrected chi connectivity index (χ0v) is 15.0. The molecule has 0 aliphatic heterocycles. The van der Waals surface area contributed by atoms with E-state index in [1.54, 1.807) is 5.80 Å². The second-order valence-electron chi connectivity index (χ2n) is 5.61. The van der Waals surface area contributed by atoms with Crippen LogP contribution in [0.2, 0.25) is 0 Å². The molecule has 0 heterocycles. The maximum atomic E-state index is 12.7. The number of halogens is 3. The molecule has 0 saturated carbocycles. The lowest BCUT2D eigenvalue weighted by Gasteiger charge is -2.08. The SMILES string of the molecule is O=C(C=[P+](c1ccccc1)c1ccccc1)c1ccc(OC(F)(F)F)cc1. The fourth-order valence-corrected chi connectivity index (χ4v) is 4.45.